The number of Topliss-reactive ketones (excluding diaryl/α,β-unsaturated/α-hetero) is 3. The molecule has 15 nitrogen and oxygen atoms in total. The van der Waals surface area contributed by atoms with E-state index in [4.69, 9.17) is 32.9 Å². The van der Waals surface area contributed by atoms with Crippen molar-refractivity contribution in [2.75, 3.05) is 41.2 Å². The van der Waals surface area contributed by atoms with Crippen molar-refractivity contribution >= 4 is 36.6 Å². The van der Waals surface area contributed by atoms with Gasteiger partial charge in [0.1, 0.15) is 30.1 Å². The van der Waals surface area contributed by atoms with Crippen molar-refractivity contribution in [3.8, 4) is 0 Å². The van der Waals surface area contributed by atoms with Crippen LogP contribution in [-0.2, 0) is 61.5 Å². The summed E-state index contributed by atoms with van der Waals surface area (Å²) in [5.41, 5.74) is 1.54. The number of hydrogen-bond acceptors (Lipinski definition) is 14. The Hall–Kier alpha value is -3.14. The molecule has 2 bridgehead atoms. The zero-order valence-electron chi connectivity index (χ0n) is 46.0. The van der Waals surface area contributed by atoms with Crippen molar-refractivity contribution in [3.63, 3.8) is 0 Å². The van der Waals surface area contributed by atoms with Crippen molar-refractivity contribution in [1.29, 1.82) is 0 Å². The van der Waals surface area contributed by atoms with Gasteiger partial charge in [-0.1, -0.05) is 71.1 Å². The van der Waals surface area contributed by atoms with Gasteiger partial charge in [0.2, 0.25) is 5.79 Å². The fraction of sp³-hybridized carbons (Fsp3) is 0.768. The molecule has 1 aliphatic carbocycles. The number of methoxy groups -OCH3 is 3. The average molecular weight is 1030 g/mol. The molecule has 4 rings (SSSR count). The smallest absolute Gasteiger partial charge is 0.329 e. The molecular formula is C56H90NO14P. The number of amides is 1. The topological polar surface area (TPSA) is 190 Å². The Morgan fingerprint density at radius 3 is 2.17 bits per heavy atom. The van der Waals surface area contributed by atoms with E-state index in [-0.39, 0.29) is 72.9 Å². The lowest BCUT2D eigenvalue weighted by molar-refractivity contribution is -0.265. The van der Waals surface area contributed by atoms with Crippen LogP contribution in [0.5, 0.6) is 0 Å². The van der Waals surface area contributed by atoms with Gasteiger partial charge in [-0.15, -0.1) is 0 Å². The molecule has 4 aliphatic rings. The number of aliphatic hydroxyl groups is 1. The van der Waals surface area contributed by atoms with Crippen LogP contribution < -0.4 is 0 Å². The van der Waals surface area contributed by atoms with Crippen molar-refractivity contribution in [2.45, 2.75) is 200 Å². The summed E-state index contributed by atoms with van der Waals surface area (Å²) in [4.78, 5) is 73.2. The second kappa shape index (κ2) is 28.1. The Labute approximate surface area is 431 Å². The molecule has 1 saturated carbocycles. The van der Waals surface area contributed by atoms with Crippen LogP contribution in [0.25, 0.3) is 0 Å². The van der Waals surface area contributed by atoms with Crippen LogP contribution >= 0.6 is 7.37 Å². The summed E-state index contributed by atoms with van der Waals surface area (Å²) in [5, 5.41) is 12.0. The van der Waals surface area contributed by atoms with Crippen molar-refractivity contribution in [2.24, 2.45) is 35.5 Å². The lowest BCUT2D eigenvalue weighted by atomic mass is 9.78. The molecule has 0 spiro atoms. The number of esters is 1. The van der Waals surface area contributed by atoms with Gasteiger partial charge in [0, 0.05) is 71.8 Å². The van der Waals surface area contributed by atoms with Crippen LogP contribution in [-0.4, -0.2) is 141 Å². The molecule has 0 aromatic heterocycles. The summed E-state index contributed by atoms with van der Waals surface area (Å²) in [6.07, 6.45) is 12.5. The maximum Gasteiger partial charge on any atom is 0.329 e. The molecule has 15 atom stereocenters. The second-order valence-corrected chi connectivity index (χ2v) is 24.8. The molecule has 3 aliphatic heterocycles. The van der Waals surface area contributed by atoms with Crippen LogP contribution in [0.2, 0.25) is 0 Å². The molecule has 72 heavy (non-hydrogen) atoms. The van der Waals surface area contributed by atoms with Gasteiger partial charge in [-0.3, -0.25) is 23.7 Å². The number of hydrogen-bond donors (Lipinski definition) is 1. The third-order valence-corrected chi connectivity index (χ3v) is 16.0. The lowest BCUT2D eigenvalue weighted by Gasteiger charge is -2.42. The van der Waals surface area contributed by atoms with E-state index >= 15 is 0 Å². The number of cyclic esters (lactones) is 1. The van der Waals surface area contributed by atoms with Crippen molar-refractivity contribution in [1.82, 2.24) is 4.90 Å². The van der Waals surface area contributed by atoms with Crippen LogP contribution in [0.3, 0.4) is 0 Å². The number of piperidine rings is 1. The molecule has 0 aromatic carbocycles. The molecule has 408 valence electrons. The van der Waals surface area contributed by atoms with E-state index in [1.165, 1.54) is 12.0 Å². The number of ether oxygens (including phenoxy) is 6. The van der Waals surface area contributed by atoms with Gasteiger partial charge in [-0.25, -0.2) is 4.79 Å². The third kappa shape index (κ3) is 17.2. The first kappa shape index (κ1) is 61.4. The number of rotatable bonds is 10. The Morgan fingerprint density at radius 1 is 0.819 bits per heavy atom. The zero-order chi connectivity index (χ0) is 53.7. The maximum absolute atomic E-state index is 14.6. The Kier molecular flexibility index (Phi) is 24.0. The summed E-state index contributed by atoms with van der Waals surface area (Å²) in [6, 6.07) is -1.14. The first-order valence-corrected chi connectivity index (χ1v) is 29.0. The average Bonchev–Trinajstić information content (AvgIpc) is 3.32. The van der Waals surface area contributed by atoms with Crippen LogP contribution in [0.1, 0.15) is 139 Å². The minimum Gasteiger partial charge on any atom is -0.460 e. The molecule has 3 heterocycles. The summed E-state index contributed by atoms with van der Waals surface area (Å²) < 4.78 is 55.2. The van der Waals surface area contributed by atoms with Gasteiger partial charge in [0.25, 0.3) is 11.7 Å². The number of allylic oxidation sites excluding steroid dienone is 6. The zero-order valence-corrected chi connectivity index (χ0v) is 46.9. The third-order valence-electron chi connectivity index (χ3n) is 15.2. The Bertz CT molecular complexity index is 2010. The molecule has 3 fully saturated rings. The highest BCUT2D eigenvalue weighted by Crippen LogP contribution is 2.45. The normalized spacial score (nSPS) is 36.8. The van der Waals surface area contributed by atoms with E-state index in [1.54, 1.807) is 47.5 Å². The highest BCUT2D eigenvalue weighted by atomic mass is 31.2. The maximum atomic E-state index is 14.6. The number of nitrogens with zero attached hydrogens (tertiary/aromatic N) is 1. The second-order valence-electron chi connectivity index (χ2n) is 22.1. The first-order chi connectivity index (χ1) is 33.8. The molecule has 16 heteroatoms. The highest BCUT2D eigenvalue weighted by Gasteiger charge is 2.53. The van der Waals surface area contributed by atoms with E-state index in [0.29, 0.717) is 63.4 Å². The predicted octanol–water partition coefficient (Wildman–Crippen LogP) is 9.18. The summed E-state index contributed by atoms with van der Waals surface area (Å²) in [6.45, 7) is 20.1. The van der Waals surface area contributed by atoms with Gasteiger partial charge in [0.15, 0.2) is 13.2 Å². The molecular weight excluding hydrogens is 942 g/mol. The van der Waals surface area contributed by atoms with E-state index in [2.05, 4.69) is 6.92 Å². The van der Waals surface area contributed by atoms with Gasteiger partial charge >= 0.3 is 5.97 Å². The predicted molar refractivity (Wildman–Crippen MR) is 277 cm³/mol. The largest absolute Gasteiger partial charge is 0.460 e. The molecule has 0 radical (unpaired) electrons. The van der Waals surface area contributed by atoms with Gasteiger partial charge < -0.3 is 43.0 Å². The monoisotopic (exact) mass is 1030 g/mol. The Balaban J connectivity index is 1.75. The fourth-order valence-corrected chi connectivity index (χ4v) is 11.9. The number of carbonyl (C=O) groups excluding carboxylic acids is 5. The number of carbonyl (C=O) groups is 5. The summed E-state index contributed by atoms with van der Waals surface area (Å²) in [5.74, 6) is -7.62. The minimum atomic E-state index is -2.79. The van der Waals surface area contributed by atoms with Crippen LogP contribution in [0.4, 0.5) is 0 Å². The van der Waals surface area contributed by atoms with E-state index in [9.17, 15) is 33.6 Å². The van der Waals surface area contributed by atoms with Crippen LogP contribution in [0, 0.1) is 35.5 Å². The lowest BCUT2D eigenvalue weighted by Crippen LogP contribution is -2.61. The summed E-state index contributed by atoms with van der Waals surface area (Å²) >= 11 is 0. The minimum absolute atomic E-state index is 0.0462. The Morgan fingerprint density at radius 2 is 1.53 bits per heavy atom. The first-order valence-electron chi connectivity index (χ1n) is 26.5. The molecule has 0 unspecified atom stereocenters. The van der Waals surface area contributed by atoms with E-state index in [0.717, 1.165) is 12.0 Å². The van der Waals surface area contributed by atoms with E-state index < -0.39 is 79.2 Å². The van der Waals surface area contributed by atoms with Gasteiger partial charge in [-0.05, 0) is 121 Å². The summed E-state index contributed by atoms with van der Waals surface area (Å²) in [7, 11) is 1.90. The van der Waals surface area contributed by atoms with Crippen LogP contribution in [0.15, 0.2) is 47.6 Å². The standard InChI is InChI=1S/C56H90NO14P/c1-34(2)68-51-40(8)29-37(5)45(58)33-48(38(6)30-42-24-26-46(49(31-42)66-11)71-72(13,14)64)69-55(62)44-22-18-19-27-57(44)54(61)53(60)56(63)41(9)23-25-43(70-56)32-47(65-10)36(4)21-17-15-16-20-35(3)28-39(7)50(59)52(51)67-12/h15-17,20-21,29,34-35,37-39,41-44,46-49,51-52,63H,18-19,22-28,30-33H2,1-14H3/b17-15?,20-16+,36-21?,40-29+/t35-,37-,38-,39-,41-,42+,43+,44+,46-,47+,48+,49-,51-,52+,56-/m1/s1. The van der Waals surface area contributed by atoms with E-state index in [1.807, 2.05) is 71.9 Å². The number of fused-ring (bicyclic) bond motifs is 3. The van der Waals surface area contributed by atoms with Gasteiger partial charge in [-0.2, -0.15) is 0 Å². The molecule has 2 saturated heterocycles. The molecule has 1 amide bonds. The van der Waals surface area contributed by atoms with Crippen molar-refractivity contribution in [3.05, 3.63) is 47.6 Å². The molecule has 1 N–H and O–H groups in total. The fourth-order valence-electron chi connectivity index (χ4n) is 11.0. The van der Waals surface area contributed by atoms with Gasteiger partial charge in [0.05, 0.1) is 30.5 Å². The number of ketones is 3. The highest BCUT2D eigenvalue weighted by molar-refractivity contribution is 7.57. The SMILES string of the molecule is CO[C@H]1C[C@@H]2CC[C@@H](C)[C@@](O)(O2)C(=O)C(=O)N2CCCC[C@H]2C(=O)O[C@H]([C@H](C)C[C@@H]2CC[C@@H](OP(C)(C)=O)[C@H](OC)C2)CC(=O)[C@H](C)/C=C(\C)[C@@H](OC(C)C)[C@@H](OC)C(=O)[C@H](C)C[C@H](C)/C=C/C=CC=C1C. The molecule has 0 aromatic rings. The van der Waals surface area contributed by atoms with Crippen molar-refractivity contribution < 1.29 is 66.6 Å². The quantitative estimate of drug-likeness (QED) is 0.0943.